The molecule has 0 saturated carbocycles. The number of piperazine rings is 1. The molecule has 1 aliphatic rings. The minimum absolute atomic E-state index is 0.127. The third-order valence-corrected chi connectivity index (χ3v) is 5.26. The Hall–Kier alpha value is -2.45. The van der Waals surface area contributed by atoms with E-state index in [0.717, 1.165) is 37.6 Å². The van der Waals surface area contributed by atoms with Crippen LogP contribution in [0.25, 0.3) is 0 Å². The zero-order valence-corrected chi connectivity index (χ0v) is 16.0. The largest absolute Gasteiger partial charge is 0.368 e. The second-order valence-electron chi connectivity index (χ2n) is 5.93. The maximum atomic E-state index is 12.0. The lowest BCUT2D eigenvalue weighted by Gasteiger charge is -2.35. The summed E-state index contributed by atoms with van der Waals surface area (Å²) >= 11 is 6.56. The molecule has 0 unspecified atom stereocenters. The van der Waals surface area contributed by atoms with Gasteiger partial charge >= 0.3 is 0 Å². The Morgan fingerprint density at radius 2 is 1.77 bits per heavy atom. The molecule has 1 aromatic heterocycles. The van der Waals surface area contributed by atoms with Crippen molar-refractivity contribution in [3.8, 4) is 0 Å². The van der Waals surface area contributed by atoms with E-state index < -0.39 is 0 Å². The lowest BCUT2D eigenvalue weighted by molar-refractivity contribution is -0.129. The Morgan fingerprint density at radius 1 is 1.08 bits per heavy atom. The van der Waals surface area contributed by atoms with E-state index in [4.69, 9.17) is 12.2 Å². The van der Waals surface area contributed by atoms with Crippen LogP contribution in [0.5, 0.6) is 0 Å². The van der Waals surface area contributed by atoms with Gasteiger partial charge in [-0.3, -0.25) is 14.9 Å². The van der Waals surface area contributed by atoms with Gasteiger partial charge in [0.1, 0.15) is 0 Å². The number of hydrogen-bond donors (Lipinski definition) is 2. The monoisotopic (exact) mass is 388 g/mol. The highest BCUT2D eigenvalue weighted by atomic mass is 32.1. The predicted molar refractivity (Wildman–Crippen MR) is 109 cm³/mol. The van der Waals surface area contributed by atoms with Crippen molar-refractivity contribution in [3.05, 3.63) is 46.7 Å². The van der Waals surface area contributed by atoms with Gasteiger partial charge in [-0.1, -0.05) is 6.07 Å². The summed E-state index contributed by atoms with van der Waals surface area (Å²) in [6, 6.07) is 11.5. The first-order valence-electron chi connectivity index (χ1n) is 8.29. The minimum atomic E-state index is -0.211. The van der Waals surface area contributed by atoms with Crippen molar-refractivity contribution < 1.29 is 9.59 Å². The first kappa shape index (κ1) is 18.3. The first-order valence-corrected chi connectivity index (χ1v) is 9.58. The van der Waals surface area contributed by atoms with Crippen LogP contribution in [-0.4, -0.2) is 48.0 Å². The lowest BCUT2D eigenvalue weighted by Crippen LogP contribution is -2.48. The zero-order valence-electron chi connectivity index (χ0n) is 14.4. The van der Waals surface area contributed by atoms with E-state index in [9.17, 15) is 9.59 Å². The second kappa shape index (κ2) is 8.29. The van der Waals surface area contributed by atoms with Gasteiger partial charge in [-0.05, 0) is 47.9 Å². The number of rotatable bonds is 3. The lowest BCUT2D eigenvalue weighted by atomic mass is 10.2. The highest BCUT2D eigenvalue weighted by molar-refractivity contribution is 7.80. The van der Waals surface area contributed by atoms with Crippen molar-refractivity contribution in [2.45, 2.75) is 6.92 Å². The van der Waals surface area contributed by atoms with Gasteiger partial charge in [0.05, 0.1) is 4.88 Å². The Bertz CT molecular complexity index is 782. The zero-order chi connectivity index (χ0) is 18.5. The molecule has 2 aromatic rings. The number of benzene rings is 1. The normalized spacial score (nSPS) is 14.0. The fourth-order valence-electron chi connectivity index (χ4n) is 2.77. The van der Waals surface area contributed by atoms with Crippen molar-refractivity contribution in [2.24, 2.45) is 0 Å². The average Bonchev–Trinajstić information content (AvgIpc) is 3.17. The molecular weight excluding hydrogens is 368 g/mol. The third kappa shape index (κ3) is 4.59. The molecule has 1 fully saturated rings. The number of carbonyl (C=O) groups is 2. The van der Waals surface area contributed by atoms with E-state index in [1.54, 1.807) is 13.0 Å². The third-order valence-electron chi connectivity index (χ3n) is 4.19. The van der Waals surface area contributed by atoms with E-state index in [2.05, 4.69) is 15.5 Å². The van der Waals surface area contributed by atoms with Gasteiger partial charge in [-0.2, -0.15) is 0 Å². The number of nitrogens with zero attached hydrogens (tertiary/aromatic N) is 2. The molecule has 2 amide bonds. The number of thiocarbonyl (C=S) groups is 1. The minimum Gasteiger partial charge on any atom is -0.368 e. The van der Waals surface area contributed by atoms with Gasteiger partial charge in [0.15, 0.2) is 5.11 Å². The van der Waals surface area contributed by atoms with E-state index in [1.165, 1.54) is 11.3 Å². The van der Waals surface area contributed by atoms with Crippen molar-refractivity contribution in [2.75, 3.05) is 36.4 Å². The molecule has 0 aliphatic carbocycles. The number of hydrogen-bond acceptors (Lipinski definition) is 5. The Balaban J connectivity index is 1.52. The van der Waals surface area contributed by atoms with Crippen LogP contribution in [0, 0.1) is 0 Å². The van der Waals surface area contributed by atoms with Crippen molar-refractivity contribution in [1.29, 1.82) is 0 Å². The SMILES string of the molecule is CC(=O)N1CCN(c2ccc(NC(=S)NC(=O)c3cccs3)cc2)CC1. The molecule has 136 valence electrons. The Labute approximate surface area is 161 Å². The molecule has 1 aliphatic heterocycles. The predicted octanol–water partition coefficient (Wildman–Crippen LogP) is 2.54. The van der Waals surface area contributed by atoms with Crippen molar-refractivity contribution in [3.63, 3.8) is 0 Å². The number of thiophene rings is 1. The molecule has 26 heavy (non-hydrogen) atoms. The van der Waals surface area contributed by atoms with Crippen LogP contribution >= 0.6 is 23.6 Å². The summed E-state index contributed by atoms with van der Waals surface area (Å²) in [6.45, 7) is 4.74. The van der Waals surface area contributed by atoms with E-state index in [0.29, 0.717) is 4.88 Å². The molecular formula is C18H20N4O2S2. The standard InChI is InChI=1S/C18H20N4O2S2/c1-13(23)21-8-10-22(11-9-21)15-6-4-14(5-7-15)19-18(25)20-17(24)16-3-2-12-26-16/h2-7,12H,8-11H2,1H3,(H2,19,20,24,25). The van der Waals surface area contributed by atoms with Crippen LogP contribution in [-0.2, 0) is 4.79 Å². The maximum absolute atomic E-state index is 12.0. The smallest absolute Gasteiger partial charge is 0.267 e. The van der Waals surface area contributed by atoms with E-state index >= 15 is 0 Å². The summed E-state index contributed by atoms with van der Waals surface area (Å²) < 4.78 is 0. The maximum Gasteiger partial charge on any atom is 0.267 e. The molecule has 1 aromatic carbocycles. The highest BCUT2D eigenvalue weighted by Gasteiger charge is 2.18. The highest BCUT2D eigenvalue weighted by Crippen LogP contribution is 2.19. The second-order valence-corrected chi connectivity index (χ2v) is 7.28. The molecule has 1 saturated heterocycles. The van der Waals surface area contributed by atoms with Gasteiger partial charge in [0, 0.05) is 44.5 Å². The van der Waals surface area contributed by atoms with E-state index in [1.807, 2.05) is 40.6 Å². The van der Waals surface area contributed by atoms with Crippen molar-refractivity contribution >= 4 is 51.9 Å². The number of anilines is 2. The molecule has 2 N–H and O–H groups in total. The molecule has 6 nitrogen and oxygen atoms in total. The van der Waals surface area contributed by atoms with Gasteiger partial charge in [0.2, 0.25) is 5.91 Å². The van der Waals surface area contributed by atoms with Crippen LogP contribution in [0.3, 0.4) is 0 Å². The fourth-order valence-corrected chi connectivity index (χ4v) is 3.60. The summed E-state index contributed by atoms with van der Waals surface area (Å²) in [5.74, 6) is -0.0835. The molecule has 0 spiro atoms. The summed E-state index contributed by atoms with van der Waals surface area (Å²) in [7, 11) is 0. The van der Waals surface area contributed by atoms with Gasteiger partial charge in [-0.15, -0.1) is 11.3 Å². The number of amides is 2. The molecule has 8 heteroatoms. The summed E-state index contributed by atoms with van der Waals surface area (Å²) in [4.78, 5) is 28.1. The van der Waals surface area contributed by atoms with Gasteiger partial charge < -0.3 is 15.1 Å². The Kier molecular flexibility index (Phi) is 5.85. The summed E-state index contributed by atoms with van der Waals surface area (Å²) in [5, 5.41) is 7.80. The average molecular weight is 389 g/mol. The van der Waals surface area contributed by atoms with E-state index in [-0.39, 0.29) is 16.9 Å². The molecule has 3 rings (SSSR count). The topological polar surface area (TPSA) is 64.7 Å². The van der Waals surface area contributed by atoms with Gasteiger partial charge in [0.25, 0.3) is 5.91 Å². The molecule has 0 atom stereocenters. The number of carbonyl (C=O) groups excluding carboxylic acids is 2. The quantitative estimate of drug-likeness (QED) is 0.791. The fraction of sp³-hybridized carbons (Fsp3) is 0.278. The van der Waals surface area contributed by atoms with Crippen LogP contribution < -0.4 is 15.5 Å². The number of nitrogens with one attached hydrogen (secondary N) is 2. The van der Waals surface area contributed by atoms with Crippen molar-refractivity contribution in [1.82, 2.24) is 10.2 Å². The van der Waals surface area contributed by atoms with Crippen LogP contribution in [0.15, 0.2) is 41.8 Å². The molecule has 0 bridgehead atoms. The molecule has 0 radical (unpaired) electrons. The first-order chi connectivity index (χ1) is 12.5. The van der Waals surface area contributed by atoms with Crippen LogP contribution in [0.2, 0.25) is 0 Å². The van der Waals surface area contributed by atoms with Crippen LogP contribution in [0.4, 0.5) is 11.4 Å². The summed E-state index contributed by atoms with van der Waals surface area (Å²) in [6.07, 6.45) is 0. The molecule has 2 heterocycles. The Morgan fingerprint density at radius 3 is 2.35 bits per heavy atom. The van der Waals surface area contributed by atoms with Crippen LogP contribution in [0.1, 0.15) is 16.6 Å². The van der Waals surface area contributed by atoms with Gasteiger partial charge in [-0.25, -0.2) is 0 Å². The summed E-state index contributed by atoms with van der Waals surface area (Å²) in [5.41, 5.74) is 1.92.